The Kier molecular flexibility index (Phi) is 4.22. The maximum absolute atomic E-state index is 11.5. The fourth-order valence-electron chi connectivity index (χ4n) is 7.55. The predicted octanol–water partition coefficient (Wildman–Crippen LogP) is 5.57. The summed E-state index contributed by atoms with van der Waals surface area (Å²) in [7, 11) is 0. The van der Waals surface area contributed by atoms with E-state index in [4.69, 9.17) is 16.3 Å². The molecule has 0 unspecified atom stereocenters. The van der Waals surface area contributed by atoms with E-state index in [0.717, 1.165) is 36.5 Å². The van der Waals surface area contributed by atoms with Crippen molar-refractivity contribution in [3.05, 3.63) is 0 Å². The monoisotopic (exact) mass is 352 g/mol. The molecule has 0 aromatic rings. The molecule has 0 aromatic heterocycles. The zero-order valence-electron chi connectivity index (χ0n) is 15.5. The van der Waals surface area contributed by atoms with Gasteiger partial charge in [0.2, 0.25) is 0 Å². The summed E-state index contributed by atoms with van der Waals surface area (Å²) in [6.45, 7) is 6.59. The summed E-state index contributed by atoms with van der Waals surface area (Å²) in [4.78, 5) is 11.5. The van der Waals surface area contributed by atoms with Crippen molar-refractivity contribution in [3.63, 3.8) is 0 Å². The molecule has 0 aliphatic heterocycles. The molecule has 4 aliphatic carbocycles. The number of alkyl halides is 1. The van der Waals surface area contributed by atoms with Gasteiger partial charge in [-0.1, -0.05) is 20.3 Å². The molecule has 8 atom stereocenters. The van der Waals surface area contributed by atoms with E-state index in [-0.39, 0.29) is 17.5 Å². The van der Waals surface area contributed by atoms with Gasteiger partial charge < -0.3 is 4.74 Å². The normalized spacial score (nSPS) is 53.7. The number of esters is 1. The van der Waals surface area contributed by atoms with Crippen LogP contribution in [0.3, 0.4) is 0 Å². The molecule has 136 valence electrons. The lowest BCUT2D eigenvalue weighted by molar-refractivity contribution is -0.161. The highest BCUT2D eigenvalue weighted by atomic mass is 35.5. The van der Waals surface area contributed by atoms with Crippen LogP contribution in [-0.2, 0) is 9.53 Å². The number of rotatable bonds is 1. The van der Waals surface area contributed by atoms with E-state index in [1.165, 1.54) is 51.9 Å². The van der Waals surface area contributed by atoms with Crippen LogP contribution in [0.25, 0.3) is 0 Å². The Labute approximate surface area is 152 Å². The topological polar surface area (TPSA) is 26.3 Å². The minimum absolute atomic E-state index is 0.00358. The second-order valence-electron chi connectivity index (χ2n) is 9.85. The van der Waals surface area contributed by atoms with Crippen molar-refractivity contribution in [3.8, 4) is 0 Å². The first-order valence-corrected chi connectivity index (χ1v) is 10.6. The minimum Gasteiger partial charge on any atom is -0.461 e. The molecule has 0 radical (unpaired) electrons. The zero-order chi connectivity index (χ0) is 17.1. The van der Waals surface area contributed by atoms with Crippen molar-refractivity contribution < 1.29 is 9.53 Å². The summed E-state index contributed by atoms with van der Waals surface area (Å²) >= 11 is 6.62. The van der Waals surface area contributed by atoms with Gasteiger partial charge in [-0.25, -0.2) is 0 Å². The van der Waals surface area contributed by atoms with E-state index in [0.29, 0.717) is 10.8 Å². The quantitative estimate of drug-likeness (QED) is 0.455. The van der Waals surface area contributed by atoms with Crippen molar-refractivity contribution in [1.29, 1.82) is 0 Å². The van der Waals surface area contributed by atoms with Gasteiger partial charge in [0, 0.05) is 6.92 Å². The van der Waals surface area contributed by atoms with Crippen LogP contribution in [0.1, 0.15) is 78.6 Å². The van der Waals surface area contributed by atoms with Gasteiger partial charge in [0.05, 0.1) is 5.38 Å². The number of ether oxygens (including phenoxy) is 1. The molecule has 4 saturated carbocycles. The predicted molar refractivity (Wildman–Crippen MR) is 96.9 cm³/mol. The van der Waals surface area contributed by atoms with Crippen molar-refractivity contribution in [2.45, 2.75) is 90.0 Å². The van der Waals surface area contributed by atoms with Crippen LogP contribution in [0.4, 0.5) is 0 Å². The maximum atomic E-state index is 11.5. The molecule has 0 heterocycles. The van der Waals surface area contributed by atoms with Crippen LogP contribution in [-0.4, -0.2) is 17.5 Å². The van der Waals surface area contributed by atoms with Gasteiger partial charge in [0.1, 0.15) is 6.10 Å². The second kappa shape index (κ2) is 5.89. The van der Waals surface area contributed by atoms with E-state index in [2.05, 4.69) is 13.8 Å². The molecule has 0 bridgehead atoms. The maximum Gasteiger partial charge on any atom is 0.302 e. The van der Waals surface area contributed by atoms with Crippen molar-refractivity contribution >= 4 is 17.6 Å². The van der Waals surface area contributed by atoms with Crippen LogP contribution in [0, 0.1) is 34.5 Å². The lowest BCUT2D eigenvalue weighted by atomic mass is 9.45. The number of halogens is 1. The van der Waals surface area contributed by atoms with Gasteiger partial charge in [0.25, 0.3) is 0 Å². The summed E-state index contributed by atoms with van der Waals surface area (Å²) in [5.74, 6) is 3.20. The van der Waals surface area contributed by atoms with E-state index >= 15 is 0 Å². The first-order valence-electron chi connectivity index (χ1n) is 10.1. The first-order chi connectivity index (χ1) is 11.3. The van der Waals surface area contributed by atoms with Gasteiger partial charge in [-0.3, -0.25) is 4.79 Å². The molecule has 3 heteroatoms. The van der Waals surface area contributed by atoms with Crippen LogP contribution in [0.15, 0.2) is 0 Å². The summed E-state index contributed by atoms with van der Waals surface area (Å²) in [6, 6.07) is 0. The van der Waals surface area contributed by atoms with E-state index in [1.54, 1.807) is 0 Å². The van der Waals surface area contributed by atoms with E-state index < -0.39 is 0 Å². The summed E-state index contributed by atoms with van der Waals surface area (Å²) in [6.07, 6.45) is 11.8. The number of fused-ring (bicyclic) bond motifs is 5. The Hall–Kier alpha value is -0.240. The van der Waals surface area contributed by atoms with E-state index in [9.17, 15) is 4.79 Å². The Bertz CT molecular complexity index is 520. The lowest BCUT2D eigenvalue weighted by Crippen LogP contribution is -2.56. The molecular formula is C21H33ClO2. The first kappa shape index (κ1) is 17.2. The van der Waals surface area contributed by atoms with Crippen molar-refractivity contribution in [2.24, 2.45) is 34.5 Å². The van der Waals surface area contributed by atoms with Gasteiger partial charge >= 0.3 is 5.97 Å². The lowest BCUT2D eigenvalue weighted by Gasteiger charge is -2.61. The summed E-state index contributed by atoms with van der Waals surface area (Å²) < 4.78 is 5.63. The fourth-order valence-corrected chi connectivity index (χ4v) is 7.90. The largest absolute Gasteiger partial charge is 0.461 e. The van der Waals surface area contributed by atoms with Crippen LogP contribution < -0.4 is 0 Å². The molecule has 0 N–H and O–H groups in total. The molecule has 4 rings (SSSR count). The summed E-state index contributed by atoms with van der Waals surface area (Å²) in [5, 5.41) is 0.00358. The Morgan fingerprint density at radius 1 is 1.08 bits per heavy atom. The average molecular weight is 353 g/mol. The molecule has 2 nitrogen and oxygen atoms in total. The third kappa shape index (κ3) is 2.54. The fraction of sp³-hybridized carbons (Fsp3) is 0.952. The number of carbonyl (C=O) groups excluding carboxylic acids is 1. The number of carbonyl (C=O) groups is 1. The highest BCUT2D eigenvalue weighted by Crippen LogP contribution is 2.66. The number of hydrogen-bond donors (Lipinski definition) is 0. The van der Waals surface area contributed by atoms with Crippen molar-refractivity contribution in [1.82, 2.24) is 0 Å². The van der Waals surface area contributed by atoms with Crippen LogP contribution in [0.2, 0.25) is 0 Å². The van der Waals surface area contributed by atoms with E-state index in [1.807, 2.05) is 0 Å². The SMILES string of the molecule is CC(=O)O[C@H]1C[C@@]2(C)[C@@H](CC[C@H]3[C@@H]4CCC[C@@]4(C)CC[C@@H]32)C[C@@H]1Cl. The molecule has 4 fully saturated rings. The van der Waals surface area contributed by atoms with Gasteiger partial charge in [0.15, 0.2) is 0 Å². The smallest absolute Gasteiger partial charge is 0.302 e. The van der Waals surface area contributed by atoms with Gasteiger partial charge in [-0.15, -0.1) is 11.6 Å². The van der Waals surface area contributed by atoms with Gasteiger partial charge in [-0.2, -0.15) is 0 Å². The zero-order valence-corrected chi connectivity index (χ0v) is 16.3. The molecule has 0 saturated heterocycles. The molecule has 24 heavy (non-hydrogen) atoms. The Balaban J connectivity index is 1.59. The molecule has 4 aliphatic rings. The Morgan fingerprint density at radius 2 is 1.88 bits per heavy atom. The highest BCUT2D eigenvalue weighted by Gasteiger charge is 2.59. The second-order valence-corrected chi connectivity index (χ2v) is 10.4. The highest BCUT2D eigenvalue weighted by molar-refractivity contribution is 6.21. The van der Waals surface area contributed by atoms with Crippen molar-refractivity contribution in [2.75, 3.05) is 0 Å². The molecule has 0 amide bonds. The molecule has 0 spiro atoms. The number of hydrogen-bond acceptors (Lipinski definition) is 2. The van der Waals surface area contributed by atoms with Crippen LogP contribution >= 0.6 is 11.6 Å². The average Bonchev–Trinajstić information content (AvgIpc) is 2.90. The summed E-state index contributed by atoms with van der Waals surface area (Å²) in [5.41, 5.74) is 0.932. The molecule has 0 aromatic carbocycles. The standard InChI is InChI=1S/C21H33ClO2/c1-13(23)24-19-12-21(3)14(11-18(19)22)6-7-15-16-5-4-9-20(16,2)10-8-17(15)21/h14-19H,4-12H2,1-3H3/t14-,15-,16-,17-,18-,19-,20-,21-/m0/s1. The van der Waals surface area contributed by atoms with Crippen LogP contribution in [0.5, 0.6) is 0 Å². The minimum atomic E-state index is -0.174. The van der Waals surface area contributed by atoms with Gasteiger partial charge in [-0.05, 0) is 85.9 Å². The third-order valence-electron chi connectivity index (χ3n) is 8.72. The molecular weight excluding hydrogens is 320 g/mol. The third-order valence-corrected chi connectivity index (χ3v) is 9.18. The Morgan fingerprint density at radius 3 is 2.62 bits per heavy atom.